The Labute approximate surface area is 121 Å². The maximum atomic E-state index is 12.7. The Morgan fingerprint density at radius 1 is 1.40 bits per heavy atom. The first-order valence-electron chi connectivity index (χ1n) is 7.63. The lowest BCUT2D eigenvalue weighted by molar-refractivity contribution is -0.156. The number of nitrogens with one attached hydrogen (secondary N) is 1. The van der Waals surface area contributed by atoms with E-state index in [1.807, 2.05) is 27.7 Å². The Bertz CT molecular complexity index is 393. The molecule has 1 saturated carbocycles. The first kappa shape index (κ1) is 15.3. The average molecular weight is 282 g/mol. The van der Waals surface area contributed by atoms with Gasteiger partial charge in [-0.2, -0.15) is 0 Å². The minimum absolute atomic E-state index is 0.000923. The molecule has 20 heavy (non-hydrogen) atoms. The van der Waals surface area contributed by atoms with Gasteiger partial charge in [0, 0.05) is 6.54 Å². The fraction of sp³-hybridized carbons (Fsp3) is 0.867. The van der Waals surface area contributed by atoms with E-state index in [1.165, 1.54) is 0 Å². The number of nitrogens with zero attached hydrogens (tertiary/aromatic N) is 1. The van der Waals surface area contributed by atoms with E-state index >= 15 is 0 Å². The van der Waals surface area contributed by atoms with Gasteiger partial charge in [0.1, 0.15) is 11.6 Å². The van der Waals surface area contributed by atoms with Crippen molar-refractivity contribution in [3.05, 3.63) is 0 Å². The van der Waals surface area contributed by atoms with Crippen LogP contribution >= 0.6 is 0 Å². The van der Waals surface area contributed by atoms with Crippen molar-refractivity contribution >= 4 is 11.8 Å². The highest BCUT2D eigenvalue weighted by Gasteiger charge is 2.51. The van der Waals surface area contributed by atoms with Crippen LogP contribution < -0.4 is 5.32 Å². The molecular weight excluding hydrogens is 256 g/mol. The summed E-state index contributed by atoms with van der Waals surface area (Å²) in [5.74, 6) is 0.365. The van der Waals surface area contributed by atoms with E-state index in [4.69, 9.17) is 4.74 Å². The third kappa shape index (κ3) is 2.97. The van der Waals surface area contributed by atoms with Gasteiger partial charge < -0.3 is 15.0 Å². The Hall–Kier alpha value is -1.10. The molecule has 0 aromatic carbocycles. The van der Waals surface area contributed by atoms with Gasteiger partial charge in [-0.05, 0) is 46.0 Å². The zero-order chi connectivity index (χ0) is 14.9. The van der Waals surface area contributed by atoms with E-state index in [9.17, 15) is 9.59 Å². The van der Waals surface area contributed by atoms with Crippen molar-refractivity contribution in [1.82, 2.24) is 10.2 Å². The molecule has 1 aliphatic heterocycles. The van der Waals surface area contributed by atoms with Gasteiger partial charge in [0.05, 0.1) is 12.7 Å². The number of amides is 2. The first-order chi connectivity index (χ1) is 9.39. The van der Waals surface area contributed by atoms with Crippen molar-refractivity contribution in [1.29, 1.82) is 0 Å². The van der Waals surface area contributed by atoms with Gasteiger partial charge >= 0.3 is 0 Å². The normalized spacial score (nSPS) is 30.9. The Morgan fingerprint density at radius 2 is 2.05 bits per heavy atom. The average Bonchev–Trinajstić information content (AvgIpc) is 3.19. The summed E-state index contributed by atoms with van der Waals surface area (Å²) in [5, 5.41) is 2.92. The summed E-state index contributed by atoms with van der Waals surface area (Å²) in [6.07, 6.45) is 2.82. The highest BCUT2D eigenvalue weighted by molar-refractivity contribution is 5.99. The Balaban J connectivity index is 2.11. The summed E-state index contributed by atoms with van der Waals surface area (Å²) in [6.45, 7) is 8.67. The van der Waals surface area contributed by atoms with Gasteiger partial charge in [0.2, 0.25) is 11.8 Å². The van der Waals surface area contributed by atoms with Crippen LogP contribution in [-0.2, 0) is 14.3 Å². The topological polar surface area (TPSA) is 58.6 Å². The van der Waals surface area contributed by atoms with E-state index in [2.05, 4.69) is 5.32 Å². The number of ether oxygens (including phenoxy) is 1. The van der Waals surface area contributed by atoms with E-state index in [1.54, 1.807) is 4.90 Å². The minimum Gasteiger partial charge on any atom is -0.377 e. The van der Waals surface area contributed by atoms with Gasteiger partial charge in [0.15, 0.2) is 0 Å². The highest BCUT2D eigenvalue weighted by Crippen LogP contribution is 2.38. The molecule has 2 atom stereocenters. The lowest BCUT2D eigenvalue weighted by atomic mass is 9.90. The molecule has 0 radical (unpaired) electrons. The van der Waals surface area contributed by atoms with E-state index in [-0.39, 0.29) is 24.0 Å². The van der Waals surface area contributed by atoms with Crippen LogP contribution in [-0.4, -0.2) is 47.6 Å². The van der Waals surface area contributed by atoms with Crippen LogP contribution in [0.5, 0.6) is 0 Å². The maximum absolute atomic E-state index is 12.7. The van der Waals surface area contributed by atoms with E-state index < -0.39 is 5.54 Å². The van der Waals surface area contributed by atoms with Crippen LogP contribution in [0.15, 0.2) is 0 Å². The monoisotopic (exact) mass is 282 g/mol. The Morgan fingerprint density at radius 3 is 2.55 bits per heavy atom. The molecule has 0 aromatic heterocycles. The number of rotatable bonds is 6. The van der Waals surface area contributed by atoms with Crippen LogP contribution in [0.1, 0.15) is 47.0 Å². The predicted octanol–water partition coefficient (Wildman–Crippen LogP) is 1.32. The van der Waals surface area contributed by atoms with Crippen molar-refractivity contribution in [2.24, 2.45) is 5.92 Å². The molecule has 0 spiro atoms. The molecule has 2 rings (SSSR count). The van der Waals surface area contributed by atoms with Gasteiger partial charge in [-0.3, -0.25) is 9.59 Å². The molecule has 1 heterocycles. The van der Waals surface area contributed by atoms with Crippen molar-refractivity contribution in [2.45, 2.75) is 64.6 Å². The predicted molar refractivity (Wildman–Crippen MR) is 76.2 cm³/mol. The van der Waals surface area contributed by atoms with Crippen LogP contribution in [0.25, 0.3) is 0 Å². The number of piperazine rings is 1. The second kappa shape index (κ2) is 5.72. The van der Waals surface area contributed by atoms with Crippen LogP contribution in [0.2, 0.25) is 0 Å². The van der Waals surface area contributed by atoms with Crippen LogP contribution in [0, 0.1) is 5.92 Å². The molecule has 0 bridgehead atoms. The third-order valence-electron chi connectivity index (χ3n) is 4.30. The van der Waals surface area contributed by atoms with Crippen molar-refractivity contribution in [3.8, 4) is 0 Å². The molecule has 2 fully saturated rings. The zero-order valence-electron chi connectivity index (χ0n) is 12.9. The van der Waals surface area contributed by atoms with Gasteiger partial charge in [0.25, 0.3) is 0 Å². The summed E-state index contributed by atoms with van der Waals surface area (Å²) in [4.78, 5) is 26.8. The number of hydrogen-bond acceptors (Lipinski definition) is 3. The fourth-order valence-electron chi connectivity index (χ4n) is 2.73. The van der Waals surface area contributed by atoms with Crippen molar-refractivity contribution < 1.29 is 14.3 Å². The largest absolute Gasteiger partial charge is 0.377 e. The smallest absolute Gasteiger partial charge is 0.248 e. The number of hydrogen-bond donors (Lipinski definition) is 1. The fourth-order valence-corrected chi connectivity index (χ4v) is 2.73. The van der Waals surface area contributed by atoms with Crippen molar-refractivity contribution in [3.63, 3.8) is 0 Å². The second-order valence-corrected chi connectivity index (χ2v) is 6.38. The summed E-state index contributed by atoms with van der Waals surface area (Å²) < 4.78 is 5.55. The molecule has 114 valence electrons. The second-order valence-electron chi connectivity index (χ2n) is 6.38. The van der Waals surface area contributed by atoms with Crippen LogP contribution in [0.4, 0.5) is 0 Å². The van der Waals surface area contributed by atoms with Gasteiger partial charge in [-0.15, -0.1) is 0 Å². The summed E-state index contributed by atoms with van der Waals surface area (Å²) in [5.41, 5.74) is -0.764. The first-order valence-corrected chi connectivity index (χ1v) is 7.63. The molecule has 2 amide bonds. The molecule has 5 heteroatoms. The molecule has 2 unspecified atom stereocenters. The van der Waals surface area contributed by atoms with Gasteiger partial charge in [-0.1, -0.05) is 6.92 Å². The lowest BCUT2D eigenvalue weighted by Crippen LogP contribution is -2.69. The molecule has 5 nitrogen and oxygen atoms in total. The van der Waals surface area contributed by atoms with Gasteiger partial charge in [-0.25, -0.2) is 0 Å². The molecule has 1 N–H and O–H groups in total. The number of carbonyl (C=O) groups excluding carboxylic acids is 2. The minimum atomic E-state index is -0.764. The molecule has 1 saturated heterocycles. The standard InChI is InChI=1S/C15H26N2O3/c1-5-15(4)14(19)17(8-9-20-10(2)3)12(11-6-7-11)13(18)16-15/h10-12H,5-9H2,1-4H3,(H,16,18). The SMILES string of the molecule is CCC1(C)NC(=O)C(C2CC2)N(CCOC(C)C)C1=O. The lowest BCUT2D eigenvalue weighted by Gasteiger charge is -2.44. The molecule has 2 aliphatic rings. The molecular formula is C15H26N2O3. The quantitative estimate of drug-likeness (QED) is 0.799. The summed E-state index contributed by atoms with van der Waals surface area (Å²) in [6, 6.07) is -0.294. The van der Waals surface area contributed by atoms with Crippen LogP contribution in [0.3, 0.4) is 0 Å². The molecule has 0 aromatic rings. The summed E-state index contributed by atoms with van der Waals surface area (Å²) >= 11 is 0. The third-order valence-corrected chi connectivity index (χ3v) is 4.30. The zero-order valence-corrected chi connectivity index (χ0v) is 12.9. The van der Waals surface area contributed by atoms with E-state index in [0.717, 1.165) is 12.8 Å². The maximum Gasteiger partial charge on any atom is 0.248 e. The molecule has 1 aliphatic carbocycles. The van der Waals surface area contributed by atoms with Crippen molar-refractivity contribution in [2.75, 3.05) is 13.2 Å². The number of carbonyl (C=O) groups is 2. The Kier molecular flexibility index (Phi) is 4.37. The van der Waals surface area contributed by atoms with E-state index in [0.29, 0.717) is 25.5 Å². The summed E-state index contributed by atoms with van der Waals surface area (Å²) in [7, 11) is 0. The highest BCUT2D eigenvalue weighted by atomic mass is 16.5.